The van der Waals surface area contributed by atoms with Gasteiger partial charge in [-0.05, 0) is 47.7 Å². The molecule has 0 unspecified atom stereocenters. The highest BCUT2D eigenvalue weighted by Crippen LogP contribution is 2.06. The lowest BCUT2D eigenvalue weighted by molar-refractivity contribution is -0.143. The Morgan fingerprint density at radius 2 is 1.85 bits per heavy atom. The van der Waals surface area contributed by atoms with Crippen molar-refractivity contribution >= 4 is 12.1 Å². The van der Waals surface area contributed by atoms with Crippen molar-refractivity contribution in [2.45, 2.75) is 46.1 Å². The summed E-state index contributed by atoms with van der Waals surface area (Å²) in [5.74, 6) is -0.175. The molecule has 0 atom stereocenters. The summed E-state index contributed by atoms with van der Waals surface area (Å²) in [6.07, 6.45) is 0.800. The van der Waals surface area contributed by atoms with Crippen LogP contribution in [0.5, 0.6) is 0 Å². The molecule has 1 N–H and O–H groups in total. The molecule has 0 saturated heterocycles. The molecule has 0 aliphatic carbocycles. The zero-order chi connectivity index (χ0) is 15.6. The normalized spacial score (nSPS) is 11.3. The molecule has 6 nitrogen and oxygen atoms in total. The van der Waals surface area contributed by atoms with E-state index in [1.165, 1.54) is 0 Å². The number of hydrogen-bond donors (Lipinski definition) is 1. The van der Waals surface area contributed by atoms with Gasteiger partial charge in [-0.3, -0.25) is 4.79 Å². The predicted molar refractivity (Wildman–Crippen MR) is 77.6 cm³/mol. The van der Waals surface area contributed by atoms with Crippen LogP contribution >= 0.6 is 0 Å². The third kappa shape index (κ3) is 11.8. The summed E-state index contributed by atoms with van der Waals surface area (Å²) in [5.41, 5.74) is -0.472. The number of nitrogens with zero attached hydrogens (tertiary/aromatic N) is 1. The summed E-state index contributed by atoms with van der Waals surface area (Å²) < 4.78 is 9.98. The number of hydrogen-bond acceptors (Lipinski definition) is 5. The molecule has 0 aromatic carbocycles. The predicted octanol–water partition coefficient (Wildman–Crippen LogP) is 1.79. The van der Waals surface area contributed by atoms with Crippen molar-refractivity contribution < 1.29 is 19.1 Å². The fraction of sp³-hybridized carbons (Fsp3) is 0.857. The Balaban J connectivity index is 3.59. The van der Waals surface area contributed by atoms with Crippen molar-refractivity contribution in [3.8, 4) is 0 Å². The van der Waals surface area contributed by atoms with E-state index >= 15 is 0 Å². The van der Waals surface area contributed by atoms with E-state index in [1.807, 2.05) is 32.7 Å². The molecule has 6 heteroatoms. The summed E-state index contributed by atoms with van der Waals surface area (Å²) in [6.45, 7) is 9.71. The second kappa shape index (κ2) is 9.58. The van der Waals surface area contributed by atoms with E-state index < -0.39 is 11.7 Å². The van der Waals surface area contributed by atoms with Gasteiger partial charge in [0.1, 0.15) is 5.60 Å². The number of rotatable bonds is 8. The highest BCUT2D eigenvalue weighted by molar-refractivity contribution is 5.69. The molecule has 20 heavy (non-hydrogen) atoms. The lowest BCUT2D eigenvalue weighted by Crippen LogP contribution is -2.34. The molecule has 0 spiro atoms. The van der Waals surface area contributed by atoms with Crippen molar-refractivity contribution in [3.05, 3.63) is 0 Å². The largest absolute Gasteiger partial charge is 0.466 e. The zero-order valence-corrected chi connectivity index (χ0v) is 13.3. The molecule has 0 radical (unpaired) electrons. The lowest BCUT2D eigenvalue weighted by Gasteiger charge is -2.20. The third-order valence-corrected chi connectivity index (χ3v) is 2.39. The number of carbonyl (C=O) groups is 2. The Labute approximate surface area is 121 Å². The summed E-state index contributed by atoms with van der Waals surface area (Å²) in [6, 6.07) is 0. The highest BCUT2D eigenvalue weighted by atomic mass is 16.6. The Bertz CT molecular complexity index is 300. The number of esters is 1. The average Bonchev–Trinajstić information content (AvgIpc) is 2.30. The van der Waals surface area contributed by atoms with Gasteiger partial charge >= 0.3 is 12.1 Å². The molecular weight excluding hydrogens is 260 g/mol. The van der Waals surface area contributed by atoms with Crippen LogP contribution in [0.2, 0.25) is 0 Å². The smallest absolute Gasteiger partial charge is 0.407 e. The zero-order valence-electron chi connectivity index (χ0n) is 13.3. The molecule has 0 saturated carbocycles. The van der Waals surface area contributed by atoms with Crippen LogP contribution in [0.15, 0.2) is 0 Å². The van der Waals surface area contributed by atoms with E-state index in [0.717, 1.165) is 13.0 Å². The summed E-state index contributed by atoms with van der Waals surface area (Å²) in [7, 11) is 1.94. The number of nitrogens with one attached hydrogen (secondary N) is 1. The van der Waals surface area contributed by atoms with Gasteiger partial charge in [-0.25, -0.2) is 4.79 Å². The summed E-state index contributed by atoms with van der Waals surface area (Å²) in [4.78, 5) is 24.6. The lowest BCUT2D eigenvalue weighted by atomic mass is 10.2. The van der Waals surface area contributed by atoms with Crippen LogP contribution in [-0.2, 0) is 14.3 Å². The average molecular weight is 288 g/mol. The molecule has 0 aromatic heterocycles. The van der Waals surface area contributed by atoms with Crippen molar-refractivity contribution in [2.75, 3.05) is 33.3 Å². The molecule has 0 rings (SSSR count). The van der Waals surface area contributed by atoms with E-state index in [1.54, 1.807) is 6.92 Å². The second-order valence-corrected chi connectivity index (χ2v) is 5.64. The number of carbonyl (C=O) groups excluding carboxylic acids is 2. The minimum atomic E-state index is -0.472. The number of alkyl carbamates (subject to hydrolysis) is 1. The van der Waals surface area contributed by atoms with Crippen LogP contribution in [0.25, 0.3) is 0 Å². The van der Waals surface area contributed by atoms with Gasteiger partial charge in [-0.2, -0.15) is 0 Å². The maximum Gasteiger partial charge on any atom is 0.407 e. The Kier molecular flexibility index (Phi) is 8.96. The topological polar surface area (TPSA) is 67.9 Å². The van der Waals surface area contributed by atoms with E-state index in [4.69, 9.17) is 9.47 Å². The maximum atomic E-state index is 11.4. The van der Waals surface area contributed by atoms with Gasteiger partial charge in [0.15, 0.2) is 0 Å². The first-order valence-corrected chi connectivity index (χ1v) is 7.05. The van der Waals surface area contributed by atoms with Crippen LogP contribution in [-0.4, -0.2) is 55.9 Å². The molecule has 0 aromatic rings. The molecule has 0 bridgehead atoms. The molecule has 0 heterocycles. The van der Waals surface area contributed by atoms with Crippen molar-refractivity contribution in [3.63, 3.8) is 0 Å². The van der Waals surface area contributed by atoms with Gasteiger partial charge in [0.25, 0.3) is 0 Å². The first kappa shape index (κ1) is 18.7. The number of amides is 1. The Hall–Kier alpha value is -1.30. The van der Waals surface area contributed by atoms with Crippen LogP contribution in [0.1, 0.15) is 40.5 Å². The molecule has 118 valence electrons. The quantitative estimate of drug-likeness (QED) is 0.545. The van der Waals surface area contributed by atoms with Gasteiger partial charge in [-0.1, -0.05) is 0 Å². The van der Waals surface area contributed by atoms with Gasteiger partial charge in [-0.15, -0.1) is 0 Å². The fourth-order valence-corrected chi connectivity index (χ4v) is 1.48. The molecular formula is C14H28N2O4. The first-order valence-electron chi connectivity index (χ1n) is 7.05. The van der Waals surface area contributed by atoms with Crippen LogP contribution in [0, 0.1) is 0 Å². The van der Waals surface area contributed by atoms with Gasteiger partial charge < -0.3 is 19.7 Å². The molecule has 0 aliphatic rings. The van der Waals surface area contributed by atoms with E-state index in [-0.39, 0.29) is 5.97 Å². The minimum Gasteiger partial charge on any atom is -0.466 e. The van der Waals surface area contributed by atoms with E-state index in [0.29, 0.717) is 26.1 Å². The summed E-state index contributed by atoms with van der Waals surface area (Å²) >= 11 is 0. The fourth-order valence-electron chi connectivity index (χ4n) is 1.48. The van der Waals surface area contributed by atoms with Crippen LogP contribution < -0.4 is 5.32 Å². The number of ether oxygens (including phenoxy) is 2. The van der Waals surface area contributed by atoms with Gasteiger partial charge in [0.2, 0.25) is 0 Å². The van der Waals surface area contributed by atoms with Crippen LogP contribution in [0.3, 0.4) is 0 Å². The molecule has 0 fully saturated rings. The highest BCUT2D eigenvalue weighted by Gasteiger charge is 2.15. The minimum absolute atomic E-state index is 0.175. The van der Waals surface area contributed by atoms with Crippen molar-refractivity contribution in [1.29, 1.82) is 0 Å². The Morgan fingerprint density at radius 3 is 2.40 bits per heavy atom. The van der Waals surface area contributed by atoms with Gasteiger partial charge in [0, 0.05) is 13.1 Å². The van der Waals surface area contributed by atoms with E-state index in [2.05, 4.69) is 5.32 Å². The summed E-state index contributed by atoms with van der Waals surface area (Å²) in [5, 5.41) is 2.70. The Morgan fingerprint density at radius 1 is 1.20 bits per heavy atom. The van der Waals surface area contributed by atoms with Gasteiger partial charge in [0.05, 0.1) is 13.0 Å². The SMILES string of the molecule is CCOC(=O)CCN(C)CCCNC(=O)OC(C)(C)C. The third-order valence-electron chi connectivity index (χ3n) is 2.39. The van der Waals surface area contributed by atoms with Crippen molar-refractivity contribution in [1.82, 2.24) is 10.2 Å². The van der Waals surface area contributed by atoms with E-state index in [9.17, 15) is 9.59 Å². The first-order chi connectivity index (χ1) is 9.24. The van der Waals surface area contributed by atoms with Crippen molar-refractivity contribution in [2.24, 2.45) is 0 Å². The molecule has 0 aliphatic heterocycles. The van der Waals surface area contributed by atoms with Crippen LogP contribution in [0.4, 0.5) is 4.79 Å². The monoisotopic (exact) mass is 288 g/mol. The standard InChI is InChI=1S/C14H28N2O4/c1-6-19-12(17)8-11-16(5)10-7-9-15-13(18)20-14(2,3)4/h6-11H2,1-5H3,(H,15,18). The molecule has 1 amide bonds. The maximum absolute atomic E-state index is 11.4. The second-order valence-electron chi connectivity index (χ2n) is 5.64.